The van der Waals surface area contributed by atoms with E-state index in [2.05, 4.69) is 6.42 Å². The molecule has 2 rings (SSSR count). The Kier molecular flexibility index (Phi) is 1.94. The molecule has 0 aromatic heterocycles. The molecule has 0 atom stereocenters. The Balaban J connectivity index is 1.69. The molecule has 1 nitrogen and oxygen atoms in total. The minimum absolute atomic E-state index is 0.609. The smallest absolute Gasteiger partial charge is 0.0580 e. The van der Waals surface area contributed by atoms with Crippen LogP contribution in [0.2, 0.25) is 0 Å². The van der Waals surface area contributed by atoms with Crippen LogP contribution < -0.4 is 0 Å². The molecule has 10 heavy (non-hydrogen) atoms. The van der Waals surface area contributed by atoms with Crippen molar-refractivity contribution in [2.45, 2.75) is 50.7 Å². The summed E-state index contributed by atoms with van der Waals surface area (Å²) in [7, 11) is 0. The van der Waals surface area contributed by atoms with Gasteiger partial charge in [0.15, 0.2) is 0 Å². The largest absolute Gasteiger partial charge is 0.375 e. The highest BCUT2D eigenvalue weighted by Crippen LogP contribution is 2.29. The summed E-state index contributed by atoms with van der Waals surface area (Å²) in [5, 5.41) is 0. The van der Waals surface area contributed by atoms with E-state index in [1.165, 1.54) is 38.5 Å². The highest BCUT2D eigenvalue weighted by molar-refractivity contribution is 4.81. The molecule has 0 heterocycles. The molecule has 57 valence electrons. The molecule has 1 heteroatoms. The predicted molar refractivity (Wildman–Crippen MR) is 40.7 cm³/mol. The van der Waals surface area contributed by atoms with Gasteiger partial charge in [-0.1, -0.05) is 0 Å². The first-order chi connectivity index (χ1) is 4.95. The SMILES string of the molecule is [CH]1CCC(OC2CC2)CC1. The van der Waals surface area contributed by atoms with Crippen molar-refractivity contribution in [2.24, 2.45) is 0 Å². The molecule has 0 bridgehead atoms. The average Bonchev–Trinajstić information content (AvgIpc) is 2.74. The Hall–Kier alpha value is -0.0400. The van der Waals surface area contributed by atoms with Gasteiger partial charge in [-0.15, -0.1) is 0 Å². The van der Waals surface area contributed by atoms with Gasteiger partial charge in [-0.25, -0.2) is 0 Å². The lowest BCUT2D eigenvalue weighted by Crippen LogP contribution is -2.17. The molecule has 2 aliphatic carbocycles. The molecule has 0 aromatic carbocycles. The summed E-state index contributed by atoms with van der Waals surface area (Å²) in [6.07, 6.45) is 11.4. The zero-order chi connectivity index (χ0) is 6.81. The fourth-order valence-corrected chi connectivity index (χ4v) is 1.51. The molecule has 2 fully saturated rings. The Morgan fingerprint density at radius 3 is 2.10 bits per heavy atom. The van der Waals surface area contributed by atoms with E-state index in [0.717, 1.165) is 0 Å². The van der Waals surface area contributed by atoms with E-state index < -0.39 is 0 Å². The van der Waals surface area contributed by atoms with Gasteiger partial charge in [0.25, 0.3) is 0 Å². The average molecular weight is 139 g/mol. The van der Waals surface area contributed by atoms with Crippen LogP contribution in [-0.2, 0) is 4.74 Å². The number of hydrogen-bond acceptors (Lipinski definition) is 1. The molecule has 0 amide bonds. The first kappa shape index (κ1) is 6.66. The second-order valence-electron chi connectivity index (χ2n) is 3.40. The minimum Gasteiger partial charge on any atom is -0.375 e. The highest BCUT2D eigenvalue weighted by Gasteiger charge is 2.26. The van der Waals surface area contributed by atoms with E-state index in [0.29, 0.717) is 12.2 Å². The molecule has 0 unspecified atom stereocenters. The summed E-state index contributed by atoms with van der Waals surface area (Å²) in [4.78, 5) is 0. The second-order valence-corrected chi connectivity index (χ2v) is 3.40. The number of rotatable bonds is 2. The van der Waals surface area contributed by atoms with Crippen LogP contribution in [0.15, 0.2) is 0 Å². The standard InChI is InChI=1S/C9H15O/c1-2-4-8(5-3-1)10-9-6-7-9/h1,8-9H,2-7H2. The maximum absolute atomic E-state index is 5.78. The molecule has 1 radical (unpaired) electrons. The first-order valence-electron chi connectivity index (χ1n) is 4.42. The third-order valence-electron chi connectivity index (χ3n) is 2.29. The van der Waals surface area contributed by atoms with Crippen molar-refractivity contribution in [2.75, 3.05) is 0 Å². The van der Waals surface area contributed by atoms with Crippen LogP contribution in [-0.4, -0.2) is 12.2 Å². The molecule has 0 spiro atoms. The van der Waals surface area contributed by atoms with Crippen LogP contribution in [0.3, 0.4) is 0 Å². The Bertz CT molecular complexity index is 101. The summed E-state index contributed by atoms with van der Waals surface area (Å²) < 4.78 is 5.78. The van der Waals surface area contributed by atoms with Crippen LogP contribution in [0.1, 0.15) is 38.5 Å². The minimum atomic E-state index is 0.609. The van der Waals surface area contributed by atoms with E-state index in [1.54, 1.807) is 0 Å². The van der Waals surface area contributed by atoms with E-state index in [1.807, 2.05) is 0 Å². The molecule has 2 saturated carbocycles. The third kappa shape index (κ3) is 1.72. The quantitative estimate of drug-likeness (QED) is 0.570. The van der Waals surface area contributed by atoms with Crippen LogP contribution in [0.5, 0.6) is 0 Å². The maximum atomic E-state index is 5.78. The van der Waals surface area contributed by atoms with Crippen molar-refractivity contribution < 1.29 is 4.74 Å². The lowest BCUT2D eigenvalue weighted by atomic mass is 9.98. The van der Waals surface area contributed by atoms with E-state index >= 15 is 0 Å². The van der Waals surface area contributed by atoms with E-state index in [-0.39, 0.29) is 0 Å². The van der Waals surface area contributed by atoms with Gasteiger partial charge in [0.1, 0.15) is 0 Å². The van der Waals surface area contributed by atoms with Gasteiger partial charge < -0.3 is 4.74 Å². The molecule has 0 aromatic rings. The van der Waals surface area contributed by atoms with Gasteiger partial charge in [-0.3, -0.25) is 0 Å². The molecule has 0 aliphatic heterocycles. The zero-order valence-electron chi connectivity index (χ0n) is 6.38. The van der Waals surface area contributed by atoms with Gasteiger partial charge in [-0.2, -0.15) is 0 Å². The van der Waals surface area contributed by atoms with E-state index in [9.17, 15) is 0 Å². The van der Waals surface area contributed by atoms with Crippen molar-refractivity contribution in [1.82, 2.24) is 0 Å². The normalized spacial score (nSPS) is 28.8. The predicted octanol–water partition coefficient (Wildman–Crippen LogP) is 2.31. The van der Waals surface area contributed by atoms with Crippen molar-refractivity contribution in [3.05, 3.63) is 6.42 Å². The molecule has 0 saturated heterocycles. The topological polar surface area (TPSA) is 9.23 Å². The fourth-order valence-electron chi connectivity index (χ4n) is 1.51. The van der Waals surface area contributed by atoms with Gasteiger partial charge in [0.2, 0.25) is 0 Å². The third-order valence-corrected chi connectivity index (χ3v) is 2.29. The summed E-state index contributed by atoms with van der Waals surface area (Å²) in [6.45, 7) is 0. The van der Waals surface area contributed by atoms with Gasteiger partial charge in [0, 0.05) is 0 Å². The lowest BCUT2D eigenvalue weighted by molar-refractivity contribution is 0.0226. The van der Waals surface area contributed by atoms with Crippen molar-refractivity contribution in [3.63, 3.8) is 0 Å². The maximum Gasteiger partial charge on any atom is 0.0580 e. The number of hydrogen-bond donors (Lipinski definition) is 0. The van der Waals surface area contributed by atoms with Crippen molar-refractivity contribution in [3.8, 4) is 0 Å². The summed E-state index contributed by atoms with van der Waals surface area (Å²) in [5.74, 6) is 0. The van der Waals surface area contributed by atoms with Gasteiger partial charge >= 0.3 is 0 Å². The highest BCUT2D eigenvalue weighted by atomic mass is 16.5. The van der Waals surface area contributed by atoms with E-state index in [4.69, 9.17) is 4.74 Å². The van der Waals surface area contributed by atoms with Crippen LogP contribution in [0.4, 0.5) is 0 Å². The summed E-state index contributed by atoms with van der Waals surface area (Å²) in [5.41, 5.74) is 0. The summed E-state index contributed by atoms with van der Waals surface area (Å²) >= 11 is 0. The molecular formula is C9H15O. The molecule has 0 N–H and O–H groups in total. The molecular weight excluding hydrogens is 124 g/mol. The van der Waals surface area contributed by atoms with Gasteiger partial charge in [-0.05, 0) is 44.9 Å². The number of ether oxygens (including phenoxy) is 1. The second kappa shape index (κ2) is 2.91. The monoisotopic (exact) mass is 139 g/mol. The van der Waals surface area contributed by atoms with Crippen LogP contribution in [0, 0.1) is 6.42 Å². The Morgan fingerprint density at radius 2 is 1.50 bits per heavy atom. The zero-order valence-corrected chi connectivity index (χ0v) is 6.38. The van der Waals surface area contributed by atoms with Crippen molar-refractivity contribution >= 4 is 0 Å². The van der Waals surface area contributed by atoms with Crippen LogP contribution >= 0.6 is 0 Å². The van der Waals surface area contributed by atoms with Gasteiger partial charge in [0.05, 0.1) is 12.2 Å². The lowest BCUT2D eigenvalue weighted by Gasteiger charge is -2.21. The van der Waals surface area contributed by atoms with Crippen LogP contribution in [0.25, 0.3) is 0 Å². The fraction of sp³-hybridized carbons (Fsp3) is 0.889. The summed E-state index contributed by atoms with van der Waals surface area (Å²) in [6, 6.07) is 0. The first-order valence-corrected chi connectivity index (χ1v) is 4.42. The molecule has 2 aliphatic rings. The Morgan fingerprint density at radius 1 is 0.900 bits per heavy atom. The van der Waals surface area contributed by atoms with Crippen molar-refractivity contribution in [1.29, 1.82) is 0 Å². The Labute approximate surface area is 62.8 Å².